The van der Waals surface area contributed by atoms with Crippen LogP contribution in [0.2, 0.25) is 5.02 Å². The smallest absolute Gasteiger partial charge is 0.341 e. The Kier molecular flexibility index (Phi) is 6.64. The summed E-state index contributed by atoms with van der Waals surface area (Å²) in [5.41, 5.74) is 6.46. The first-order valence-corrected chi connectivity index (χ1v) is 11.7. The number of carboxylic acid groups (broad SMARTS) is 1. The molecule has 4 atom stereocenters. The Labute approximate surface area is 195 Å². The predicted molar refractivity (Wildman–Crippen MR) is 127 cm³/mol. The lowest BCUT2D eigenvalue weighted by Crippen LogP contribution is -2.36. The van der Waals surface area contributed by atoms with E-state index < -0.39 is 12.6 Å². The van der Waals surface area contributed by atoms with Gasteiger partial charge in [0.15, 0.2) is 6.61 Å². The minimum absolute atomic E-state index is 0.0760. The van der Waals surface area contributed by atoms with Gasteiger partial charge in [0, 0.05) is 22.4 Å². The highest BCUT2D eigenvalue weighted by Gasteiger charge is 2.42. The number of hydrogen-bond donors (Lipinski definition) is 1. The van der Waals surface area contributed by atoms with E-state index in [0.29, 0.717) is 16.7 Å². The van der Waals surface area contributed by atoms with Gasteiger partial charge in [-0.05, 0) is 74.8 Å². The molecule has 0 radical (unpaired) electrons. The third kappa shape index (κ3) is 4.31. The number of fused-ring (bicyclic) bond motifs is 3. The third-order valence-electron chi connectivity index (χ3n) is 6.99. The SMILES string of the molecule is C=C(C)[C@H]1C[C@@H]2c3ccccc3CCC[C@@H]2O[C@@H]1c1c(OCC(=O)O)cc(C)c(Cl)c1C. The molecule has 0 amide bonds. The second-order valence-electron chi connectivity index (χ2n) is 9.21. The second kappa shape index (κ2) is 9.29. The highest BCUT2D eigenvalue weighted by Crippen LogP contribution is 2.52. The molecule has 170 valence electrons. The van der Waals surface area contributed by atoms with Crippen molar-refractivity contribution in [2.45, 2.75) is 64.6 Å². The minimum Gasteiger partial charge on any atom is -0.482 e. The normalized spacial score (nSPS) is 24.8. The molecule has 4 rings (SSSR count). The van der Waals surface area contributed by atoms with E-state index in [0.717, 1.165) is 47.9 Å². The third-order valence-corrected chi connectivity index (χ3v) is 7.58. The molecular weight excluding hydrogens is 424 g/mol. The van der Waals surface area contributed by atoms with Gasteiger partial charge in [0.2, 0.25) is 0 Å². The molecule has 1 N–H and O–H groups in total. The van der Waals surface area contributed by atoms with Crippen LogP contribution in [-0.2, 0) is 16.0 Å². The van der Waals surface area contributed by atoms with Gasteiger partial charge in [-0.2, -0.15) is 0 Å². The standard InChI is InChI=1S/C27H31ClO4/c1-15(2)20-13-21-19-10-6-5-8-18(19)9-7-11-22(21)32-27(20)25-17(4)26(28)16(3)12-23(25)31-14-24(29)30/h5-6,8,10,12,20-22,27H,1,7,9,11,13-14H2,2-4H3,(H,29,30)/t20-,21-,22+,27+/m1/s1. The minimum atomic E-state index is -1.01. The van der Waals surface area contributed by atoms with Crippen molar-refractivity contribution in [2.24, 2.45) is 5.92 Å². The summed E-state index contributed by atoms with van der Waals surface area (Å²) < 4.78 is 12.6. The predicted octanol–water partition coefficient (Wildman–Crippen LogP) is 6.56. The van der Waals surface area contributed by atoms with E-state index in [9.17, 15) is 9.90 Å². The zero-order chi connectivity index (χ0) is 23.0. The lowest BCUT2D eigenvalue weighted by Gasteiger charge is -2.43. The van der Waals surface area contributed by atoms with Gasteiger partial charge in [0.1, 0.15) is 5.75 Å². The molecule has 0 unspecified atom stereocenters. The molecule has 0 bridgehead atoms. The molecule has 1 fully saturated rings. The molecule has 5 heteroatoms. The quantitative estimate of drug-likeness (QED) is 0.519. The highest BCUT2D eigenvalue weighted by molar-refractivity contribution is 6.32. The fraction of sp³-hybridized carbons (Fsp3) is 0.444. The molecule has 1 aliphatic carbocycles. The number of hydrogen-bond acceptors (Lipinski definition) is 3. The molecule has 0 saturated carbocycles. The van der Waals surface area contributed by atoms with E-state index in [4.69, 9.17) is 21.1 Å². The topological polar surface area (TPSA) is 55.8 Å². The molecule has 1 saturated heterocycles. The zero-order valence-corrected chi connectivity index (χ0v) is 19.7. The van der Waals surface area contributed by atoms with E-state index in [1.54, 1.807) is 0 Å². The van der Waals surface area contributed by atoms with Crippen LogP contribution >= 0.6 is 11.6 Å². The fourth-order valence-electron chi connectivity index (χ4n) is 5.42. The average molecular weight is 455 g/mol. The van der Waals surface area contributed by atoms with E-state index >= 15 is 0 Å². The van der Waals surface area contributed by atoms with Crippen LogP contribution in [0.4, 0.5) is 0 Å². The molecule has 1 heterocycles. The molecule has 32 heavy (non-hydrogen) atoms. The van der Waals surface area contributed by atoms with Gasteiger partial charge in [0.05, 0.1) is 12.2 Å². The zero-order valence-electron chi connectivity index (χ0n) is 19.0. The molecule has 1 aliphatic heterocycles. The Hall–Kier alpha value is -2.30. The number of aliphatic carboxylic acids is 1. The van der Waals surface area contributed by atoms with Crippen molar-refractivity contribution < 1.29 is 19.4 Å². The first kappa shape index (κ1) is 22.9. The Balaban J connectivity index is 1.78. The number of halogens is 1. The number of rotatable bonds is 5. The summed E-state index contributed by atoms with van der Waals surface area (Å²) in [6.45, 7) is 9.81. The van der Waals surface area contributed by atoms with Gasteiger partial charge in [-0.3, -0.25) is 0 Å². The largest absolute Gasteiger partial charge is 0.482 e. The van der Waals surface area contributed by atoms with Crippen LogP contribution in [0, 0.1) is 19.8 Å². The Bertz CT molecular complexity index is 1040. The van der Waals surface area contributed by atoms with Crippen molar-refractivity contribution >= 4 is 17.6 Å². The van der Waals surface area contributed by atoms with Crippen LogP contribution in [0.25, 0.3) is 0 Å². The maximum atomic E-state index is 11.2. The lowest BCUT2D eigenvalue weighted by molar-refractivity contribution is -0.139. The van der Waals surface area contributed by atoms with E-state index in [1.807, 2.05) is 26.8 Å². The summed E-state index contributed by atoms with van der Waals surface area (Å²) in [5.74, 6) is -0.0819. The van der Waals surface area contributed by atoms with Gasteiger partial charge < -0.3 is 14.6 Å². The molecule has 2 aromatic rings. The van der Waals surface area contributed by atoms with Crippen molar-refractivity contribution in [3.63, 3.8) is 0 Å². The second-order valence-corrected chi connectivity index (χ2v) is 9.59. The average Bonchev–Trinajstić information content (AvgIpc) is 2.94. The van der Waals surface area contributed by atoms with Crippen LogP contribution in [0.3, 0.4) is 0 Å². The highest BCUT2D eigenvalue weighted by atomic mass is 35.5. The summed E-state index contributed by atoms with van der Waals surface area (Å²) in [6.07, 6.45) is 3.89. The van der Waals surface area contributed by atoms with E-state index in [-0.39, 0.29) is 18.1 Å². The van der Waals surface area contributed by atoms with Gasteiger partial charge in [-0.15, -0.1) is 0 Å². The van der Waals surface area contributed by atoms with Crippen LogP contribution in [0.15, 0.2) is 42.5 Å². The molecular formula is C27H31ClO4. The fourth-order valence-corrected chi connectivity index (χ4v) is 5.57. The van der Waals surface area contributed by atoms with Crippen LogP contribution < -0.4 is 4.74 Å². The molecule has 0 aromatic heterocycles. The number of ether oxygens (including phenoxy) is 2. The monoisotopic (exact) mass is 454 g/mol. The van der Waals surface area contributed by atoms with Gasteiger partial charge in [0.25, 0.3) is 0 Å². The number of carbonyl (C=O) groups is 1. The van der Waals surface area contributed by atoms with Crippen molar-refractivity contribution in [1.29, 1.82) is 0 Å². The molecule has 2 aliphatic rings. The van der Waals surface area contributed by atoms with E-state index in [2.05, 4.69) is 30.8 Å². The number of benzene rings is 2. The summed E-state index contributed by atoms with van der Waals surface area (Å²) >= 11 is 6.64. The first-order chi connectivity index (χ1) is 15.3. The van der Waals surface area contributed by atoms with Gasteiger partial charge in [-0.25, -0.2) is 4.79 Å². The molecule has 0 spiro atoms. The molecule has 2 aromatic carbocycles. The Morgan fingerprint density at radius 3 is 2.78 bits per heavy atom. The first-order valence-electron chi connectivity index (χ1n) is 11.3. The van der Waals surface area contributed by atoms with Gasteiger partial charge >= 0.3 is 5.97 Å². The molecule has 4 nitrogen and oxygen atoms in total. The van der Waals surface area contributed by atoms with Crippen LogP contribution in [0.5, 0.6) is 5.75 Å². The summed E-state index contributed by atoms with van der Waals surface area (Å²) in [4.78, 5) is 11.2. The van der Waals surface area contributed by atoms with E-state index in [1.165, 1.54) is 11.1 Å². The maximum Gasteiger partial charge on any atom is 0.341 e. The van der Waals surface area contributed by atoms with Crippen molar-refractivity contribution in [1.82, 2.24) is 0 Å². The van der Waals surface area contributed by atoms with Crippen LogP contribution in [-0.4, -0.2) is 23.8 Å². The number of carboxylic acids is 1. The summed E-state index contributed by atoms with van der Waals surface area (Å²) in [6, 6.07) is 10.5. The van der Waals surface area contributed by atoms with Crippen molar-refractivity contribution in [3.05, 3.63) is 75.3 Å². The Morgan fingerprint density at radius 2 is 2.06 bits per heavy atom. The van der Waals surface area contributed by atoms with Crippen LogP contribution in [0.1, 0.15) is 66.0 Å². The number of aryl methyl sites for hydroxylation is 2. The van der Waals surface area contributed by atoms with Gasteiger partial charge in [-0.1, -0.05) is 48.0 Å². The van der Waals surface area contributed by atoms with Crippen molar-refractivity contribution in [3.8, 4) is 5.75 Å². The Morgan fingerprint density at radius 1 is 1.31 bits per heavy atom. The summed E-state index contributed by atoms with van der Waals surface area (Å²) in [5, 5.41) is 9.86. The lowest BCUT2D eigenvalue weighted by atomic mass is 9.74. The van der Waals surface area contributed by atoms with Crippen molar-refractivity contribution in [2.75, 3.05) is 6.61 Å². The maximum absolute atomic E-state index is 11.2. The summed E-state index contributed by atoms with van der Waals surface area (Å²) in [7, 11) is 0.